The van der Waals surface area contributed by atoms with E-state index < -0.39 is 16.0 Å². The Morgan fingerprint density at radius 2 is 1.81 bits per heavy atom. The van der Waals surface area contributed by atoms with Crippen molar-refractivity contribution in [2.45, 2.75) is 24.7 Å². The molecule has 0 radical (unpaired) electrons. The van der Waals surface area contributed by atoms with Crippen LogP contribution in [0.5, 0.6) is 5.75 Å². The zero-order valence-corrected chi connectivity index (χ0v) is 16.9. The van der Waals surface area contributed by atoms with Crippen LogP contribution in [-0.2, 0) is 14.8 Å². The van der Waals surface area contributed by atoms with Crippen molar-refractivity contribution >= 4 is 44.9 Å². The van der Waals surface area contributed by atoms with Crippen LogP contribution in [0.1, 0.15) is 19.8 Å². The highest BCUT2D eigenvalue weighted by Gasteiger charge is 2.28. The number of hydrogen-bond acceptors (Lipinski definition) is 4. The number of nitrogens with zero attached hydrogens (tertiary/aromatic N) is 1. The van der Waals surface area contributed by atoms with E-state index in [1.54, 1.807) is 24.3 Å². The van der Waals surface area contributed by atoms with Crippen LogP contribution in [0.3, 0.4) is 0 Å². The first-order valence-electron chi connectivity index (χ1n) is 8.18. The summed E-state index contributed by atoms with van der Waals surface area (Å²) in [6.45, 7) is 2.26. The van der Waals surface area contributed by atoms with Gasteiger partial charge < -0.3 is 9.84 Å². The van der Waals surface area contributed by atoms with Crippen LogP contribution < -0.4 is 9.04 Å². The molecule has 0 atom stereocenters. The van der Waals surface area contributed by atoms with Crippen molar-refractivity contribution in [2.24, 2.45) is 0 Å². The smallest absolute Gasteiger partial charge is 0.305 e. The molecule has 27 heavy (non-hydrogen) atoms. The first-order valence-corrected chi connectivity index (χ1v) is 10.4. The first-order chi connectivity index (χ1) is 12.8. The molecule has 9 heteroatoms. The van der Waals surface area contributed by atoms with Gasteiger partial charge in [-0.05, 0) is 48.9 Å². The zero-order valence-electron chi connectivity index (χ0n) is 14.6. The molecule has 0 aliphatic carbocycles. The van der Waals surface area contributed by atoms with E-state index in [0.717, 1.165) is 10.7 Å². The van der Waals surface area contributed by atoms with E-state index in [4.69, 9.17) is 33.0 Å². The maximum Gasteiger partial charge on any atom is 0.305 e. The molecule has 0 saturated carbocycles. The van der Waals surface area contributed by atoms with E-state index >= 15 is 0 Å². The number of hydrogen-bond donors (Lipinski definition) is 1. The van der Waals surface area contributed by atoms with Gasteiger partial charge in [0.15, 0.2) is 0 Å². The lowest BCUT2D eigenvalue weighted by Crippen LogP contribution is -2.33. The van der Waals surface area contributed by atoms with Gasteiger partial charge in [0.2, 0.25) is 0 Å². The van der Waals surface area contributed by atoms with Crippen LogP contribution in [0.15, 0.2) is 47.4 Å². The van der Waals surface area contributed by atoms with E-state index in [2.05, 4.69) is 0 Å². The Kier molecular flexibility index (Phi) is 7.35. The van der Waals surface area contributed by atoms with Gasteiger partial charge in [-0.25, -0.2) is 8.42 Å². The van der Waals surface area contributed by atoms with Crippen molar-refractivity contribution in [1.82, 2.24) is 0 Å². The van der Waals surface area contributed by atoms with Gasteiger partial charge in [-0.15, -0.1) is 0 Å². The van der Waals surface area contributed by atoms with Crippen molar-refractivity contribution in [3.05, 3.63) is 52.5 Å². The summed E-state index contributed by atoms with van der Waals surface area (Å²) in [6.07, 6.45) is 0.472. The Hall–Kier alpha value is -1.96. The van der Waals surface area contributed by atoms with Crippen molar-refractivity contribution in [2.75, 3.05) is 17.5 Å². The third-order valence-corrected chi connectivity index (χ3v) is 6.13. The summed E-state index contributed by atoms with van der Waals surface area (Å²) < 4.78 is 32.8. The van der Waals surface area contributed by atoms with E-state index in [1.165, 1.54) is 18.2 Å². The number of sulfonamides is 1. The van der Waals surface area contributed by atoms with Crippen LogP contribution >= 0.6 is 23.2 Å². The maximum atomic E-state index is 13.1. The van der Waals surface area contributed by atoms with E-state index in [1.807, 2.05) is 6.92 Å². The van der Waals surface area contributed by atoms with Crippen molar-refractivity contribution < 1.29 is 23.1 Å². The van der Waals surface area contributed by atoms with Crippen LogP contribution in [0.2, 0.25) is 10.0 Å². The normalized spacial score (nSPS) is 11.2. The Labute approximate surface area is 168 Å². The summed E-state index contributed by atoms with van der Waals surface area (Å²) in [6, 6.07) is 10.5. The third-order valence-electron chi connectivity index (χ3n) is 3.59. The fraction of sp³-hybridized carbons (Fsp3) is 0.278. The third kappa shape index (κ3) is 5.51. The van der Waals surface area contributed by atoms with Crippen LogP contribution in [0.4, 0.5) is 5.69 Å². The molecular formula is C18H19Cl2NO5S. The number of aliphatic carboxylic acids is 1. The number of carboxylic acid groups (broad SMARTS) is 1. The van der Waals surface area contributed by atoms with Gasteiger partial charge in [0.05, 0.1) is 23.7 Å². The number of carboxylic acids is 1. The monoisotopic (exact) mass is 431 g/mol. The van der Waals surface area contributed by atoms with Gasteiger partial charge in [0, 0.05) is 11.6 Å². The fourth-order valence-corrected chi connectivity index (χ4v) is 4.51. The quantitative estimate of drug-likeness (QED) is 0.633. The lowest BCUT2D eigenvalue weighted by molar-refractivity contribution is -0.136. The molecular weight excluding hydrogens is 413 g/mol. The molecule has 2 aromatic rings. The second kappa shape index (κ2) is 9.30. The molecule has 0 heterocycles. The Bertz CT molecular complexity index is 900. The molecule has 0 bridgehead atoms. The second-order valence-electron chi connectivity index (χ2n) is 5.64. The van der Waals surface area contributed by atoms with E-state index in [-0.39, 0.29) is 27.9 Å². The summed E-state index contributed by atoms with van der Waals surface area (Å²) in [5.41, 5.74) is 0.302. The molecule has 0 spiro atoms. The summed E-state index contributed by atoms with van der Waals surface area (Å²) in [5, 5.41) is 9.21. The number of anilines is 1. The summed E-state index contributed by atoms with van der Waals surface area (Å²) >= 11 is 12.0. The summed E-state index contributed by atoms with van der Waals surface area (Å²) in [7, 11) is -4.12. The summed E-state index contributed by atoms with van der Waals surface area (Å²) in [4.78, 5) is 10.8. The highest BCUT2D eigenvalue weighted by atomic mass is 35.5. The van der Waals surface area contributed by atoms with Gasteiger partial charge in [-0.2, -0.15) is 0 Å². The first kappa shape index (κ1) is 21.3. The predicted octanol–water partition coefficient (Wildman–Crippen LogP) is 4.45. The second-order valence-corrected chi connectivity index (χ2v) is 8.31. The van der Waals surface area contributed by atoms with Gasteiger partial charge in [-0.1, -0.05) is 30.1 Å². The standard InChI is InChI=1S/C18H19Cl2NO5S/c1-2-11-26-15-6-4-14(5-7-15)21(10-9-18(22)23)27(24,25)17-12-13(19)3-8-16(17)20/h3-8,12H,2,9-11H2,1H3,(H,22,23). The minimum Gasteiger partial charge on any atom is -0.494 e. The van der Waals surface area contributed by atoms with Crippen LogP contribution in [0, 0.1) is 0 Å². The van der Waals surface area contributed by atoms with Crippen LogP contribution in [-0.4, -0.2) is 32.6 Å². The Morgan fingerprint density at radius 3 is 2.41 bits per heavy atom. The fourth-order valence-electron chi connectivity index (χ4n) is 2.31. The van der Waals surface area contributed by atoms with Crippen molar-refractivity contribution in [3.63, 3.8) is 0 Å². The van der Waals surface area contributed by atoms with Crippen molar-refractivity contribution in [3.8, 4) is 5.75 Å². The zero-order chi connectivity index (χ0) is 20.0. The van der Waals surface area contributed by atoms with Gasteiger partial charge in [0.1, 0.15) is 10.6 Å². The molecule has 6 nitrogen and oxygen atoms in total. The lowest BCUT2D eigenvalue weighted by Gasteiger charge is -2.24. The minimum absolute atomic E-state index is 0.00243. The highest BCUT2D eigenvalue weighted by molar-refractivity contribution is 7.93. The molecule has 2 rings (SSSR count). The maximum absolute atomic E-state index is 13.1. The Balaban J connectivity index is 2.44. The number of rotatable bonds is 9. The number of halogens is 2. The average molecular weight is 432 g/mol. The van der Waals surface area contributed by atoms with E-state index in [9.17, 15) is 13.2 Å². The molecule has 0 amide bonds. The minimum atomic E-state index is -4.12. The van der Waals surface area contributed by atoms with Gasteiger partial charge in [0.25, 0.3) is 10.0 Å². The number of ether oxygens (including phenoxy) is 1. The molecule has 146 valence electrons. The van der Waals surface area contributed by atoms with Crippen molar-refractivity contribution in [1.29, 1.82) is 0 Å². The molecule has 0 aliphatic heterocycles. The molecule has 0 aromatic heterocycles. The molecule has 0 fully saturated rings. The van der Waals surface area contributed by atoms with E-state index in [0.29, 0.717) is 18.0 Å². The molecule has 0 aliphatic rings. The summed E-state index contributed by atoms with van der Waals surface area (Å²) in [5.74, 6) is -0.521. The van der Waals surface area contributed by atoms with Gasteiger partial charge in [-0.3, -0.25) is 9.10 Å². The topological polar surface area (TPSA) is 83.9 Å². The highest BCUT2D eigenvalue weighted by Crippen LogP contribution is 2.31. The predicted molar refractivity (Wildman–Crippen MR) is 105 cm³/mol. The largest absolute Gasteiger partial charge is 0.494 e. The number of benzene rings is 2. The van der Waals surface area contributed by atoms with Gasteiger partial charge >= 0.3 is 5.97 Å². The molecule has 0 unspecified atom stereocenters. The SMILES string of the molecule is CCCOc1ccc(N(CCC(=O)O)S(=O)(=O)c2cc(Cl)ccc2Cl)cc1. The molecule has 0 saturated heterocycles. The average Bonchev–Trinajstić information content (AvgIpc) is 2.62. The molecule has 1 N–H and O–H groups in total. The van der Waals surface area contributed by atoms with Crippen LogP contribution in [0.25, 0.3) is 0 Å². The lowest BCUT2D eigenvalue weighted by atomic mass is 10.3. The molecule has 2 aromatic carbocycles. The Morgan fingerprint density at radius 1 is 1.15 bits per heavy atom. The number of carbonyl (C=O) groups is 1.